The number of methoxy groups -OCH3 is 3. The molecule has 6 aromatic rings. The quantitative estimate of drug-likeness (QED) is 0.0121. The summed E-state index contributed by atoms with van der Waals surface area (Å²) >= 11 is 0. The minimum absolute atomic E-state index is 0.142. The number of hydrogen-bond acceptors (Lipinski definition) is 21. The third-order valence-corrected chi connectivity index (χ3v) is 16.2. The van der Waals surface area contributed by atoms with E-state index in [1.54, 1.807) is 22.8 Å². The lowest BCUT2D eigenvalue weighted by atomic mass is 10.0. The van der Waals surface area contributed by atoms with Crippen molar-refractivity contribution in [2.24, 2.45) is 4.99 Å². The summed E-state index contributed by atoms with van der Waals surface area (Å²) in [4.78, 5) is 37.7. The van der Waals surface area contributed by atoms with E-state index in [1.165, 1.54) is 44.6 Å². The lowest BCUT2D eigenvalue weighted by Crippen LogP contribution is -2.49. The van der Waals surface area contributed by atoms with Crippen LogP contribution >= 0.6 is 0 Å². The van der Waals surface area contributed by atoms with Gasteiger partial charge in [0, 0.05) is 90.4 Å². The van der Waals surface area contributed by atoms with E-state index in [0.717, 1.165) is 87.1 Å². The van der Waals surface area contributed by atoms with Crippen molar-refractivity contribution in [3.05, 3.63) is 155 Å². The van der Waals surface area contributed by atoms with Crippen molar-refractivity contribution in [3.63, 3.8) is 0 Å². The zero-order valence-electron chi connectivity index (χ0n) is 60.7. The predicted molar refractivity (Wildman–Crippen MR) is 387 cm³/mol. The van der Waals surface area contributed by atoms with Gasteiger partial charge in [0.1, 0.15) is 63.6 Å². The van der Waals surface area contributed by atoms with Crippen LogP contribution in [0.15, 0.2) is 132 Å². The first kappa shape index (κ1) is 85.6. The Labute approximate surface area is 592 Å². The number of piperidine rings is 1. The van der Waals surface area contributed by atoms with Gasteiger partial charge in [0.15, 0.2) is 5.82 Å². The second-order valence-electron chi connectivity index (χ2n) is 24.8. The molecule has 0 saturated carbocycles. The Morgan fingerprint density at radius 3 is 1.56 bits per heavy atom. The first-order chi connectivity index (χ1) is 48.4. The maximum Gasteiger partial charge on any atom is 0.420 e. The number of nitrogens with zero attached hydrogens (tertiary/aromatic N) is 6. The highest BCUT2D eigenvalue weighted by molar-refractivity contribution is 6.06. The number of aromatic nitrogens is 2. The highest BCUT2D eigenvalue weighted by Crippen LogP contribution is 2.30. The maximum atomic E-state index is 12.8. The molecule has 0 aliphatic carbocycles. The molecule has 556 valence electrons. The summed E-state index contributed by atoms with van der Waals surface area (Å²) in [5.74, 6) is 1.11. The molecule has 0 atom stereocenters. The van der Waals surface area contributed by atoms with E-state index >= 15 is 0 Å². The molecular formula is C76H114N6O18. The van der Waals surface area contributed by atoms with Crippen LogP contribution in [0, 0.1) is 5.21 Å². The molecule has 2 aliphatic heterocycles. The Balaban J connectivity index is 0.000000271. The summed E-state index contributed by atoms with van der Waals surface area (Å²) in [5.41, 5.74) is 7.71. The van der Waals surface area contributed by atoms with Crippen molar-refractivity contribution >= 4 is 34.6 Å². The van der Waals surface area contributed by atoms with Crippen LogP contribution in [0.3, 0.4) is 0 Å². The molecule has 0 spiro atoms. The summed E-state index contributed by atoms with van der Waals surface area (Å²) in [6.45, 7) is 20.5. The van der Waals surface area contributed by atoms with Crippen LogP contribution < -0.4 is 4.74 Å². The number of fused-ring (bicyclic) bond motifs is 2. The topological polar surface area (TPSA) is 276 Å². The number of aliphatic hydroxyl groups is 4. The molecule has 100 heavy (non-hydrogen) atoms. The van der Waals surface area contributed by atoms with E-state index in [-0.39, 0.29) is 58.5 Å². The van der Waals surface area contributed by atoms with Gasteiger partial charge >= 0.3 is 12.2 Å². The molecule has 1 fully saturated rings. The summed E-state index contributed by atoms with van der Waals surface area (Å²) in [6, 6.07) is 41.3. The van der Waals surface area contributed by atoms with E-state index in [2.05, 4.69) is 57.3 Å². The van der Waals surface area contributed by atoms with Crippen LogP contribution in [0.5, 0.6) is 5.75 Å². The lowest BCUT2D eigenvalue weighted by molar-refractivity contribution is -0.882. The van der Waals surface area contributed by atoms with Gasteiger partial charge in [-0.05, 0) is 102 Å². The van der Waals surface area contributed by atoms with Gasteiger partial charge in [-0.3, -0.25) is 4.99 Å². The van der Waals surface area contributed by atoms with Crippen molar-refractivity contribution in [2.75, 3.05) is 160 Å². The van der Waals surface area contributed by atoms with Crippen molar-refractivity contribution in [2.45, 2.75) is 117 Å². The summed E-state index contributed by atoms with van der Waals surface area (Å²) < 4.78 is 58.7. The third kappa shape index (κ3) is 32.9. The molecule has 24 nitrogen and oxygen atoms in total. The average molecular weight is 1400 g/mol. The average Bonchev–Trinajstić information content (AvgIpc) is 1.63. The van der Waals surface area contributed by atoms with Crippen LogP contribution in [0.4, 0.5) is 15.3 Å². The van der Waals surface area contributed by atoms with Crippen molar-refractivity contribution in [1.82, 2.24) is 19.4 Å². The lowest BCUT2D eigenvalue weighted by Gasteiger charge is -2.42. The van der Waals surface area contributed by atoms with Crippen molar-refractivity contribution in [3.8, 4) is 17.1 Å². The summed E-state index contributed by atoms with van der Waals surface area (Å²) in [6.07, 6.45) is 6.90. The van der Waals surface area contributed by atoms with Crippen LogP contribution in [0.2, 0.25) is 0 Å². The number of ether oxygens (including phenoxy) is 11. The van der Waals surface area contributed by atoms with Gasteiger partial charge in [0.25, 0.3) is 0 Å². The number of likely N-dealkylation sites (tertiary alicyclic amines) is 1. The fraction of sp³-hybridized carbons (Fsp3) is 0.553. The zero-order chi connectivity index (χ0) is 72.7. The van der Waals surface area contributed by atoms with Gasteiger partial charge < -0.3 is 92.2 Å². The number of benzene rings is 5. The molecule has 1 amide bonds. The normalized spacial score (nSPS) is 12.8. The first-order valence-electron chi connectivity index (χ1n) is 34.7. The Morgan fingerprint density at radius 1 is 0.550 bits per heavy atom. The SMILES string of the molecule is CCC(C)(C)OC(=O)N1CCCCC1.CCC(C)(C)OC(=O)n1c(-c2ccccc2)nc2ccccc21.COCOCC[N+]([O-])(CCOCOC)CCOCOC.OCCCN(CCCO)CCOCCOCCOc1c(CO)cccc1CO.c1ccc(C2=Nc3ccccc3C2)cc1. The molecular weight excluding hydrogens is 1280 g/mol. The molecule has 1 aromatic heterocycles. The summed E-state index contributed by atoms with van der Waals surface area (Å²) in [5, 5.41) is 49.1. The van der Waals surface area contributed by atoms with Crippen LogP contribution in [0.25, 0.3) is 22.4 Å². The number of amides is 1. The second-order valence-corrected chi connectivity index (χ2v) is 24.8. The van der Waals surface area contributed by atoms with E-state index in [4.69, 9.17) is 62.3 Å². The Kier molecular flexibility index (Phi) is 42.5. The molecule has 8 rings (SSSR count). The van der Waals surface area contributed by atoms with Crippen LogP contribution in [-0.4, -0.2) is 234 Å². The highest BCUT2D eigenvalue weighted by Gasteiger charge is 2.27. The van der Waals surface area contributed by atoms with E-state index in [9.17, 15) is 25.0 Å². The van der Waals surface area contributed by atoms with Gasteiger partial charge in [-0.2, -0.15) is 0 Å². The van der Waals surface area contributed by atoms with Crippen LogP contribution in [0.1, 0.15) is 109 Å². The number of rotatable bonds is 39. The van der Waals surface area contributed by atoms with Gasteiger partial charge in [-0.15, -0.1) is 0 Å². The number of para-hydroxylation sites is 4. The Morgan fingerprint density at radius 2 is 1.04 bits per heavy atom. The molecule has 2 aliphatic rings. The number of imidazole rings is 1. The van der Waals surface area contributed by atoms with Gasteiger partial charge in [0.05, 0.1) is 81.9 Å². The molecule has 0 bridgehead atoms. The van der Waals surface area contributed by atoms with Crippen molar-refractivity contribution in [1.29, 1.82) is 0 Å². The maximum absolute atomic E-state index is 12.8. The van der Waals surface area contributed by atoms with Crippen molar-refractivity contribution < 1.29 is 86.8 Å². The molecule has 5 aromatic carbocycles. The number of hydrogen-bond donors (Lipinski definition) is 4. The molecule has 1 saturated heterocycles. The number of hydroxylamine groups is 3. The minimum Gasteiger partial charge on any atom is -0.633 e. The number of aliphatic imine (C=N–C) groups is 1. The monoisotopic (exact) mass is 1400 g/mol. The second kappa shape index (κ2) is 49.7. The third-order valence-electron chi connectivity index (χ3n) is 16.2. The highest BCUT2D eigenvalue weighted by atomic mass is 16.7. The van der Waals surface area contributed by atoms with Gasteiger partial charge in [0.2, 0.25) is 0 Å². The van der Waals surface area contributed by atoms with Gasteiger partial charge in [-0.25, -0.2) is 19.1 Å². The van der Waals surface area contributed by atoms with Gasteiger partial charge in [-0.1, -0.05) is 123 Å². The van der Waals surface area contributed by atoms with E-state index in [1.807, 2.05) is 113 Å². The fourth-order valence-corrected chi connectivity index (χ4v) is 9.90. The summed E-state index contributed by atoms with van der Waals surface area (Å²) in [7, 11) is 4.61. The standard InChI is InChI=1S/C20H35NO7.C19H20N2O2.C14H11N.C12H27NO7.C11H21NO2/c22-9-2-6-21(7-3-10-23)8-11-26-12-13-27-14-15-28-20-18(16-24)4-1-5-19(20)17-25;1-4-19(2,3)23-18(22)21-16-13-9-8-12-15(16)20-17(21)14-10-6-5-7-11-14;1-2-6-11(7-3-1)14-10-12-8-4-5-9-13(12)15-14;1-15-10-18-7-4-13(14,5-8-19-11-16-2)6-9-20-12-17-3;1-4-11(2,3)14-10(13)12-8-6-5-7-9-12/h1,4-5,22-25H,2-3,6-17H2;5-13H,4H2,1-3H3;1-9H,10H2;4-12H2,1-3H3;4-9H2,1-3H3. The minimum atomic E-state index is -0.517. The number of quaternary nitrogens is 1. The number of carbonyl (C=O) groups is 2. The number of aliphatic hydroxyl groups excluding tert-OH is 4. The smallest absolute Gasteiger partial charge is 0.420 e. The molecule has 0 radical (unpaired) electrons. The molecule has 3 heterocycles. The number of carbonyl (C=O) groups excluding carboxylic acids is 2. The van der Waals surface area contributed by atoms with E-state index in [0.29, 0.717) is 108 Å². The Bertz CT molecular complexity index is 3110. The van der Waals surface area contributed by atoms with E-state index < -0.39 is 16.3 Å². The molecule has 24 heteroatoms. The first-order valence-corrected chi connectivity index (χ1v) is 34.7. The molecule has 0 unspecified atom stereocenters. The molecule has 4 N–H and O–H groups in total. The Hall–Kier alpha value is -6.82. The van der Waals surface area contributed by atoms with Crippen LogP contribution in [-0.2, 0) is 67.0 Å². The zero-order valence-corrected chi connectivity index (χ0v) is 60.7. The fourth-order valence-electron chi connectivity index (χ4n) is 9.90. The predicted octanol–water partition coefficient (Wildman–Crippen LogP) is 11.4. The largest absolute Gasteiger partial charge is 0.633 e.